The minimum Gasteiger partial charge on any atom is -0.316 e. The Hall–Kier alpha value is -3.32. The van der Waals surface area contributed by atoms with Crippen molar-refractivity contribution in [1.82, 2.24) is 29.7 Å². The van der Waals surface area contributed by atoms with Gasteiger partial charge >= 0.3 is 0 Å². The summed E-state index contributed by atoms with van der Waals surface area (Å²) in [7, 11) is 3.89. The van der Waals surface area contributed by atoms with Crippen LogP contribution in [-0.4, -0.2) is 49.8 Å². The molecule has 0 N–H and O–H groups in total. The van der Waals surface area contributed by atoms with Crippen molar-refractivity contribution < 1.29 is 4.39 Å². The molecule has 0 atom stereocenters. The Labute approximate surface area is 167 Å². The average Bonchev–Trinajstić information content (AvgIpc) is 3.33. The number of likely N-dealkylation sites (N-methyl/N-ethyl adjacent to an activating group) is 1. The van der Waals surface area contributed by atoms with Gasteiger partial charge in [-0.3, -0.25) is 0 Å². The average molecular weight is 388 g/mol. The van der Waals surface area contributed by atoms with Crippen molar-refractivity contribution >= 4 is 16.5 Å². The van der Waals surface area contributed by atoms with E-state index in [0.29, 0.717) is 5.82 Å². The highest BCUT2D eigenvalue weighted by atomic mass is 19.1. The molecule has 7 heteroatoms. The van der Waals surface area contributed by atoms with Crippen LogP contribution in [0.15, 0.2) is 54.7 Å². The number of fused-ring (bicyclic) bond motifs is 1. The maximum absolute atomic E-state index is 13.4. The summed E-state index contributed by atoms with van der Waals surface area (Å²) < 4.78 is 15.6. The van der Waals surface area contributed by atoms with Gasteiger partial charge in [0.2, 0.25) is 5.82 Å². The van der Waals surface area contributed by atoms with E-state index < -0.39 is 0 Å². The van der Waals surface area contributed by atoms with Crippen LogP contribution >= 0.6 is 0 Å². The van der Waals surface area contributed by atoms with Gasteiger partial charge in [-0.2, -0.15) is 4.80 Å². The monoisotopic (exact) mass is 388 g/mol. The first-order valence-electron chi connectivity index (χ1n) is 9.62. The highest BCUT2D eigenvalue weighted by Crippen LogP contribution is 2.34. The minimum atomic E-state index is -0.237. The van der Waals surface area contributed by atoms with Crippen molar-refractivity contribution in [3.63, 3.8) is 0 Å². The number of tetrazole rings is 1. The molecule has 3 heterocycles. The summed E-state index contributed by atoms with van der Waals surface area (Å²) in [4.78, 5) is 3.77. The number of benzene rings is 2. The van der Waals surface area contributed by atoms with Crippen LogP contribution in [0.2, 0.25) is 0 Å². The quantitative estimate of drug-likeness (QED) is 0.537. The Kier molecular flexibility index (Phi) is 4.24. The zero-order valence-electron chi connectivity index (χ0n) is 16.4. The molecule has 1 aliphatic rings. The Morgan fingerprint density at radius 3 is 2.55 bits per heavy atom. The summed E-state index contributed by atoms with van der Waals surface area (Å²) in [5, 5.41) is 13.6. The number of rotatable bonds is 3. The van der Waals surface area contributed by atoms with Crippen LogP contribution in [0.1, 0.15) is 12.0 Å². The van der Waals surface area contributed by atoms with E-state index in [2.05, 4.69) is 56.3 Å². The molecule has 0 unspecified atom stereocenters. The molecule has 5 rings (SSSR count). The molecule has 0 fully saturated rings. The first-order chi connectivity index (χ1) is 14.1. The molecular weight excluding hydrogens is 367 g/mol. The predicted molar refractivity (Wildman–Crippen MR) is 111 cm³/mol. The molecule has 0 aliphatic carbocycles. The van der Waals surface area contributed by atoms with Crippen LogP contribution in [0, 0.1) is 5.82 Å². The smallest absolute Gasteiger partial charge is 0.204 e. The molecule has 0 bridgehead atoms. The van der Waals surface area contributed by atoms with Gasteiger partial charge in [0.25, 0.3) is 0 Å². The molecule has 0 saturated heterocycles. The van der Waals surface area contributed by atoms with Gasteiger partial charge in [-0.1, -0.05) is 6.08 Å². The lowest BCUT2D eigenvalue weighted by atomic mass is 9.98. The third-order valence-electron chi connectivity index (χ3n) is 5.43. The summed E-state index contributed by atoms with van der Waals surface area (Å²) in [5.41, 5.74) is 5.46. The maximum Gasteiger partial charge on any atom is 0.204 e. The molecule has 29 heavy (non-hydrogen) atoms. The standard InChI is InChI=1S/C22H21FN6/c1-27-11-9-15(10-12-27)20-14-29(18-6-4-17(23)5-7-18)21-8-3-16(13-19(20)21)22-24-26-28(2)25-22/h3-9,13-14H,10-12H2,1-2H3. The van der Waals surface area contributed by atoms with Gasteiger partial charge in [0, 0.05) is 41.5 Å². The molecule has 0 spiro atoms. The largest absolute Gasteiger partial charge is 0.316 e. The van der Waals surface area contributed by atoms with E-state index in [1.807, 2.05) is 6.07 Å². The molecule has 0 amide bonds. The van der Waals surface area contributed by atoms with E-state index in [1.54, 1.807) is 19.2 Å². The maximum atomic E-state index is 13.4. The highest BCUT2D eigenvalue weighted by molar-refractivity contribution is 5.96. The van der Waals surface area contributed by atoms with Gasteiger partial charge in [0.05, 0.1) is 12.6 Å². The van der Waals surface area contributed by atoms with Crippen LogP contribution in [0.5, 0.6) is 0 Å². The van der Waals surface area contributed by atoms with Gasteiger partial charge in [-0.25, -0.2) is 4.39 Å². The third-order valence-corrected chi connectivity index (χ3v) is 5.43. The topological polar surface area (TPSA) is 51.8 Å². The second-order valence-corrected chi connectivity index (χ2v) is 7.47. The summed E-state index contributed by atoms with van der Waals surface area (Å²) >= 11 is 0. The van der Waals surface area contributed by atoms with Crippen molar-refractivity contribution in [3.8, 4) is 17.1 Å². The molecule has 0 saturated carbocycles. The van der Waals surface area contributed by atoms with Crippen LogP contribution in [0.3, 0.4) is 0 Å². The van der Waals surface area contributed by atoms with E-state index in [-0.39, 0.29) is 5.82 Å². The van der Waals surface area contributed by atoms with Crippen LogP contribution in [0.4, 0.5) is 4.39 Å². The zero-order valence-corrected chi connectivity index (χ0v) is 16.4. The summed E-state index contributed by atoms with van der Waals surface area (Å²) in [6, 6.07) is 12.8. The summed E-state index contributed by atoms with van der Waals surface area (Å²) in [6.07, 6.45) is 5.44. The number of halogens is 1. The second kappa shape index (κ2) is 6.93. The SMILES string of the molecule is CN1CC=C(c2cn(-c3ccc(F)cc3)c3ccc(-c4nnn(C)n4)cc23)CC1. The second-order valence-electron chi connectivity index (χ2n) is 7.47. The number of nitrogens with zero attached hydrogens (tertiary/aromatic N) is 6. The van der Waals surface area contributed by atoms with E-state index in [0.717, 1.165) is 41.7 Å². The van der Waals surface area contributed by atoms with Gasteiger partial charge < -0.3 is 9.47 Å². The van der Waals surface area contributed by atoms with Gasteiger partial charge in [-0.15, -0.1) is 10.2 Å². The van der Waals surface area contributed by atoms with E-state index >= 15 is 0 Å². The lowest BCUT2D eigenvalue weighted by Gasteiger charge is -2.21. The van der Waals surface area contributed by atoms with E-state index in [9.17, 15) is 4.39 Å². The summed E-state index contributed by atoms with van der Waals surface area (Å²) in [5.74, 6) is 0.367. The number of hydrogen-bond acceptors (Lipinski definition) is 4. The van der Waals surface area contributed by atoms with Crippen molar-refractivity contribution in [2.24, 2.45) is 7.05 Å². The zero-order chi connectivity index (χ0) is 20.0. The first kappa shape index (κ1) is 17.8. The fraction of sp³-hybridized carbons (Fsp3) is 0.227. The van der Waals surface area contributed by atoms with Crippen molar-refractivity contribution in [2.45, 2.75) is 6.42 Å². The molecule has 1 aliphatic heterocycles. The molecule has 4 aromatic rings. The Bertz CT molecular complexity index is 1220. The Morgan fingerprint density at radius 1 is 1.03 bits per heavy atom. The van der Waals surface area contributed by atoms with Crippen LogP contribution in [-0.2, 0) is 7.05 Å². The van der Waals surface area contributed by atoms with E-state index in [4.69, 9.17) is 0 Å². The normalized spacial score (nSPS) is 15.1. The van der Waals surface area contributed by atoms with Crippen molar-refractivity contribution in [3.05, 3.63) is 66.1 Å². The highest BCUT2D eigenvalue weighted by Gasteiger charge is 2.18. The molecule has 0 radical (unpaired) electrons. The van der Waals surface area contributed by atoms with Crippen LogP contribution < -0.4 is 0 Å². The first-order valence-corrected chi connectivity index (χ1v) is 9.62. The van der Waals surface area contributed by atoms with Crippen molar-refractivity contribution in [1.29, 1.82) is 0 Å². The van der Waals surface area contributed by atoms with Gasteiger partial charge in [0.1, 0.15) is 5.82 Å². The van der Waals surface area contributed by atoms with Crippen molar-refractivity contribution in [2.75, 3.05) is 20.1 Å². The molecule has 2 aromatic carbocycles. The number of aryl methyl sites for hydroxylation is 1. The fourth-order valence-electron chi connectivity index (χ4n) is 3.86. The predicted octanol–water partition coefficient (Wildman–Crippen LogP) is 3.68. The molecule has 2 aromatic heterocycles. The minimum absolute atomic E-state index is 0.237. The Morgan fingerprint density at radius 2 is 1.86 bits per heavy atom. The number of aromatic nitrogens is 5. The van der Waals surface area contributed by atoms with Gasteiger partial charge in [0.15, 0.2) is 0 Å². The van der Waals surface area contributed by atoms with Gasteiger partial charge in [-0.05, 0) is 66.7 Å². The molecule has 146 valence electrons. The van der Waals surface area contributed by atoms with E-state index in [1.165, 1.54) is 28.1 Å². The lowest BCUT2D eigenvalue weighted by Crippen LogP contribution is -2.23. The van der Waals surface area contributed by atoms with Crippen LogP contribution in [0.25, 0.3) is 33.6 Å². The number of hydrogen-bond donors (Lipinski definition) is 0. The third kappa shape index (κ3) is 3.23. The lowest BCUT2D eigenvalue weighted by molar-refractivity contribution is 0.370. The molecular formula is C22H21FN6. The Balaban J connectivity index is 1.71. The summed E-state index contributed by atoms with van der Waals surface area (Å²) in [6.45, 7) is 1.96. The fourth-order valence-corrected chi connectivity index (χ4v) is 3.86. The molecule has 6 nitrogen and oxygen atoms in total.